The van der Waals surface area contributed by atoms with Crippen LogP contribution in [0.2, 0.25) is 0 Å². The average Bonchev–Trinajstić information content (AvgIpc) is 2.71. The first-order chi connectivity index (χ1) is 8.65. The van der Waals surface area contributed by atoms with Crippen LogP contribution in [0.3, 0.4) is 0 Å². The summed E-state index contributed by atoms with van der Waals surface area (Å²) in [6.45, 7) is 7.39. The number of aromatic nitrogens is 3. The molecule has 1 aromatic heterocycles. The summed E-state index contributed by atoms with van der Waals surface area (Å²) in [7, 11) is 0. The van der Waals surface area contributed by atoms with E-state index in [1.54, 1.807) is 0 Å². The van der Waals surface area contributed by atoms with Gasteiger partial charge in [0.2, 0.25) is 5.95 Å². The molecule has 0 spiro atoms. The van der Waals surface area contributed by atoms with Gasteiger partial charge < -0.3 is 5.32 Å². The Hall–Kier alpha value is -1.91. The van der Waals surface area contributed by atoms with Crippen molar-refractivity contribution < 1.29 is 4.39 Å². The van der Waals surface area contributed by atoms with Gasteiger partial charge in [0.15, 0.2) is 5.82 Å². The van der Waals surface area contributed by atoms with Gasteiger partial charge in [-0.15, -0.1) is 10.2 Å². The van der Waals surface area contributed by atoms with Gasteiger partial charge in [0.05, 0.1) is 0 Å². The van der Waals surface area contributed by atoms with Crippen molar-refractivity contribution in [3.05, 3.63) is 29.6 Å². The monoisotopic (exact) mass is 248 g/mol. The van der Waals surface area contributed by atoms with Crippen LogP contribution in [0.25, 0.3) is 11.4 Å². The average molecular weight is 248 g/mol. The molecule has 2 rings (SSSR count). The lowest BCUT2D eigenvalue weighted by molar-refractivity contribution is 0.626. The normalized spacial score (nSPS) is 10.7. The topological polar surface area (TPSA) is 42.7 Å². The maximum Gasteiger partial charge on any atom is 0.224 e. The Morgan fingerprint density at radius 2 is 2.00 bits per heavy atom. The second kappa shape index (κ2) is 5.16. The lowest BCUT2D eigenvalue weighted by Crippen LogP contribution is -2.07. The molecule has 0 atom stereocenters. The highest BCUT2D eigenvalue weighted by Gasteiger charge is 2.12. The molecule has 0 saturated carbocycles. The molecule has 18 heavy (non-hydrogen) atoms. The number of nitrogens with zero attached hydrogens (tertiary/aromatic N) is 3. The van der Waals surface area contributed by atoms with Crippen molar-refractivity contribution in [3.63, 3.8) is 0 Å². The fourth-order valence-corrected chi connectivity index (χ4v) is 1.97. The van der Waals surface area contributed by atoms with Gasteiger partial charge in [0.25, 0.3) is 0 Å². The molecule has 1 aromatic carbocycles. The molecular formula is C13H17FN4. The molecule has 5 heteroatoms. The zero-order valence-electron chi connectivity index (χ0n) is 10.9. The summed E-state index contributed by atoms with van der Waals surface area (Å²) >= 11 is 0. The Balaban J connectivity index is 2.49. The van der Waals surface area contributed by atoms with E-state index in [0.29, 0.717) is 5.82 Å². The van der Waals surface area contributed by atoms with Crippen molar-refractivity contribution in [1.29, 1.82) is 0 Å². The van der Waals surface area contributed by atoms with E-state index < -0.39 is 0 Å². The number of anilines is 1. The SMILES string of the molecule is CCNc1nnc(-c2cc(C)cc(F)c2)n1CC. The van der Waals surface area contributed by atoms with Crippen molar-refractivity contribution >= 4 is 5.95 Å². The smallest absolute Gasteiger partial charge is 0.224 e. The van der Waals surface area contributed by atoms with E-state index in [-0.39, 0.29) is 5.82 Å². The Kier molecular flexibility index (Phi) is 3.60. The summed E-state index contributed by atoms with van der Waals surface area (Å²) < 4.78 is 15.4. The van der Waals surface area contributed by atoms with Crippen LogP contribution < -0.4 is 5.32 Å². The molecule has 0 saturated heterocycles. The van der Waals surface area contributed by atoms with Gasteiger partial charge in [-0.05, 0) is 44.5 Å². The first-order valence-corrected chi connectivity index (χ1v) is 6.10. The van der Waals surface area contributed by atoms with Gasteiger partial charge >= 0.3 is 0 Å². The predicted octanol–water partition coefficient (Wildman–Crippen LogP) is 2.84. The van der Waals surface area contributed by atoms with E-state index in [0.717, 1.165) is 30.2 Å². The number of nitrogens with one attached hydrogen (secondary N) is 1. The van der Waals surface area contributed by atoms with Crippen molar-refractivity contribution in [2.45, 2.75) is 27.3 Å². The largest absolute Gasteiger partial charge is 0.355 e. The third-order valence-electron chi connectivity index (χ3n) is 2.70. The Morgan fingerprint density at radius 3 is 2.61 bits per heavy atom. The molecule has 0 fully saturated rings. The van der Waals surface area contributed by atoms with Crippen LogP contribution in [0.15, 0.2) is 18.2 Å². The van der Waals surface area contributed by atoms with E-state index in [1.165, 1.54) is 12.1 Å². The van der Waals surface area contributed by atoms with Crippen molar-refractivity contribution in [1.82, 2.24) is 14.8 Å². The number of aryl methyl sites for hydroxylation is 1. The van der Waals surface area contributed by atoms with Crippen LogP contribution in [0.4, 0.5) is 10.3 Å². The maximum absolute atomic E-state index is 13.4. The van der Waals surface area contributed by atoms with E-state index in [4.69, 9.17) is 0 Å². The number of hydrogen-bond donors (Lipinski definition) is 1. The third kappa shape index (κ3) is 2.34. The van der Waals surface area contributed by atoms with Crippen molar-refractivity contribution in [2.75, 3.05) is 11.9 Å². The Labute approximate surface area is 106 Å². The second-order valence-electron chi connectivity index (χ2n) is 4.14. The van der Waals surface area contributed by atoms with Crippen LogP contribution >= 0.6 is 0 Å². The lowest BCUT2D eigenvalue weighted by atomic mass is 10.1. The summed E-state index contributed by atoms with van der Waals surface area (Å²) in [4.78, 5) is 0. The molecule has 0 amide bonds. The lowest BCUT2D eigenvalue weighted by Gasteiger charge is -2.08. The van der Waals surface area contributed by atoms with Crippen LogP contribution in [0.1, 0.15) is 19.4 Å². The van der Waals surface area contributed by atoms with E-state index in [2.05, 4.69) is 15.5 Å². The zero-order valence-corrected chi connectivity index (χ0v) is 10.9. The van der Waals surface area contributed by atoms with Crippen molar-refractivity contribution in [2.24, 2.45) is 0 Å². The number of halogens is 1. The minimum absolute atomic E-state index is 0.249. The van der Waals surface area contributed by atoms with Gasteiger partial charge in [-0.2, -0.15) is 0 Å². The second-order valence-corrected chi connectivity index (χ2v) is 4.14. The summed E-state index contributed by atoms with van der Waals surface area (Å²) in [5, 5.41) is 11.4. The van der Waals surface area contributed by atoms with Crippen molar-refractivity contribution in [3.8, 4) is 11.4 Å². The highest BCUT2D eigenvalue weighted by Crippen LogP contribution is 2.22. The molecule has 0 bridgehead atoms. The third-order valence-corrected chi connectivity index (χ3v) is 2.70. The standard InChI is InChI=1S/C13H17FN4/c1-4-15-13-17-16-12(18(13)5-2)10-6-9(3)7-11(14)8-10/h6-8H,4-5H2,1-3H3,(H,15,17). The number of rotatable bonds is 4. The number of benzene rings is 1. The molecular weight excluding hydrogens is 231 g/mol. The molecule has 0 aliphatic heterocycles. The minimum atomic E-state index is -0.249. The molecule has 0 aliphatic rings. The van der Waals surface area contributed by atoms with Crippen LogP contribution in [-0.2, 0) is 6.54 Å². The maximum atomic E-state index is 13.4. The summed E-state index contributed by atoms with van der Waals surface area (Å²) in [6, 6.07) is 4.90. The number of hydrogen-bond acceptors (Lipinski definition) is 3. The summed E-state index contributed by atoms with van der Waals surface area (Å²) in [6.07, 6.45) is 0. The van der Waals surface area contributed by atoms with Gasteiger partial charge in [-0.3, -0.25) is 4.57 Å². The highest BCUT2D eigenvalue weighted by atomic mass is 19.1. The van der Waals surface area contributed by atoms with E-state index in [9.17, 15) is 4.39 Å². The molecule has 4 nitrogen and oxygen atoms in total. The summed E-state index contributed by atoms with van der Waals surface area (Å²) in [5.74, 6) is 1.16. The Bertz CT molecular complexity index is 528. The fraction of sp³-hybridized carbons (Fsp3) is 0.385. The van der Waals surface area contributed by atoms with Crippen LogP contribution in [0.5, 0.6) is 0 Å². The van der Waals surface area contributed by atoms with Gasteiger partial charge in [0, 0.05) is 18.7 Å². The van der Waals surface area contributed by atoms with E-state index in [1.807, 2.05) is 31.4 Å². The zero-order chi connectivity index (χ0) is 13.1. The first kappa shape index (κ1) is 12.5. The van der Waals surface area contributed by atoms with Gasteiger partial charge in [0.1, 0.15) is 5.82 Å². The van der Waals surface area contributed by atoms with Crippen LogP contribution in [0, 0.1) is 12.7 Å². The quantitative estimate of drug-likeness (QED) is 0.904. The first-order valence-electron chi connectivity index (χ1n) is 6.10. The molecule has 0 radical (unpaired) electrons. The van der Waals surface area contributed by atoms with Gasteiger partial charge in [-0.1, -0.05) is 0 Å². The molecule has 2 aromatic rings. The fourth-order valence-electron chi connectivity index (χ4n) is 1.97. The summed E-state index contributed by atoms with van der Waals surface area (Å²) in [5.41, 5.74) is 1.63. The van der Waals surface area contributed by atoms with Gasteiger partial charge in [-0.25, -0.2) is 4.39 Å². The molecule has 0 aliphatic carbocycles. The molecule has 1 heterocycles. The van der Waals surface area contributed by atoms with E-state index >= 15 is 0 Å². The predicted molar refractivity (Wildman–Crippen MR) is 70.0 cm³/mol. The molecule has 1 N–H and O–H groups in total. The Morgan fingerprint density at radius 1 is 1.22 bits per heavy atom. The highest BCUT2D eigenvalue weighted by molar-refractivity contribution is 5.58. The molecule has 0 unspecified atom stereocenters. The van der Waals surface area contributed by atoms with Crippen LogP contribution in [-0.4, -0.2) is 21.3 Å². The molecule has 96 valence electrons. The minimum Gasteiger partial charge on any atom is -0.355 e.